The minimum atomic E-state index is -4.06. The zero-order valence-electron chi connectivity index (χ0n) is 10.4. The van der Waals surface area contributed by atoms with Crippen molar-refractivity contribution in [2.45, 2.75) is 18.4 Å². The van der Waals surface area contributed by atoms with Crippen LogP contribution in [0.2, 0.25) is 0 Å². The molecule has 2 aromatic rings. The Bertz CT molecular complexity index is 743. The standard InChI is InChI=1S/C11H12F2N4O2S/c1-6-11(10(5-14)16-15-6)20(18,19)17-9-3-2-7(12)4-8(9)13/h2-4,17H,5,14H2,1H3,(H,15,16). The van der Waals surface area contributed by atoms with Crippen LogP contribution < -0.4 is 10.5 Å². The number of hydrogen-bond donors (Lipinski definition) is 3. The topological polar surface area (TPSA) is 101 Å². The van der Waals surface area contributed by atoms with Gasteiger partial charge in [-0.1, -0.05) is 0 Å². The van der Waals surface area contributed by atoms with Crippen LogP contribution in [0.5, 0.6) is 0 Å². The smallest absolute Gasteiger partial charge is 0.265 e. The molecule has 0 aliphatic heterocycles. The summed E-state index contributed by atoms with van der Waals surface area (Å²) in [7, 11) is -4.06. The van der Waals surface area contributed by atoms with Gasteiger partial charge >= 0.3 is 0 Å². The lowest BCUT2D eigenvalue weighted by Crippen LogP contribution is -2.17. The van der Waals surface area contributed by atoms with Crippen molar-refractivity contribution in [3.8, 4) is 0 Å². The Labute approximate surface area is 114 Å². The number of halogens is 2. The summed E-state index contributed by atoms with van der Waals surface area (Å²) in [4.78, 5) is -0.135. The summed E-state index contributed by atoms with van der Waals surface area (Å²) in [5.74, 6) is -1.81. The Morgan fingerprint density at radius 1 is 1.40 bits per heavy atom. The number of nitrogens with zero attached hydrogens (tertiary/aromatic N) is 1. The molecule has 0 fully saturated rings. The lowest BCUT2D eigenvalue weighted by atomic mass is 10.3. The molecule has 0 unspecified atom stereocenters. The summed E-state index contributed by atoms with van der Waals surface area (Å²) in [5.41, 5.74) is 5.47. The van der Waals surface area contributed by atoms with Gasteiger partial charge in [0.15, 0.2) is 0 Å². The molecule has 0 radical (unpaired) electrons. The van der Waals surface area contributed by atoms with Crippen LogP contribution in [0.25, 0.3) is 0 Å². The summed E-state index contributed by atoms with van der Waals surface area (Å²) >= 11 is 0. The molecule has 0 amide bonds. The van der Waals surface area contributed by atoms with E-state index in [4.69, 9.17) is 5.73 Å². The van der Waals surface area contributed by atoms with Gasteiger partial charge in [-0.15, -0.1) is 0 Å². The highest BCUT2D eigenvalue weighted by molar-refractivity contribution is 7.92. The summed E-state index contributed by atoms with van der Waals surface area (Å²) in [5, 5.41) is 6.26. The molecule has 9 heteroatoms. The van der Waals surface area contributed by atoms with Gasteiger partial charge in [-0.3, -0.25) is 9.82 Å². The van der Waals surface area contributed by atoms with Crippen LogP contribution in [0.4, 0.5) is 14.5 Å². The minimum Gasteiger partial charge on any atom is -0.325 e. The molecule has 0 spiro atoms. The maximum atomic E-state index is 13.5. The van der Waals surface area contributed by atoms with Crippen LogP contribution >= 0.6 is 0 Å². The fraction of sp³-hybridized carbons (Fsp3) is 0.182. The molecule has 108 valence electrons. The van der Waals surface area contributed by atoms with Gasteiger partial charge in [-0.2, -0.15) is 5.10 Å². The van der Waals surface area contributed by atoms with Crippen LogP contribution in [0.15, 0.2) is 23.1 Å². The fourth-order valence-electron chi connectivity index (χ4n) is 1.73. The molecular formula is C11H12F2N4O2S. The lowest BCUT2D eigenvalue weighted by Gasteiger charge is -2.09. The molecule has 0 aliphatic carbocycles. The van der Waals surface area contributed by atoms with Gasteiger partial charge in [-0.05, 0) is 19.1 Å². The van der Waals surface area contributed by atoms with Crippen LogP contribution in [0.1, 0.15) is 11.4 Å². The number of rotatable bonds is 4. The molecule has 6 nitrogen and oxygen atoms in total. The summed E-state index contributed by atoms with van der Waals surface area (Å²) in [6, 6.07) is 2.54. The molecule has 1 aromatic carbocycles. The highest BCUT2D eigenvalue weighted by atomic mass is 32.2. The van der Waals surface area contributed by atoms with Crippen molar-refractivity contribution < 1.29 is 17.2 Å². The van der Waals surface area contributed by atoms with E-state index in [-0.39, 0.29) is 28.5 Å². The van der Waals surface area contributed by atoms with E-state index in [0.29, 0.717) is 6.07 Å². The third kappa shape index (κ3) is 2.63. The van der Waals surface area contributed by atoms with Crippen molar-refractivity contribution in [1.29, 1.82) is 0 Å². The van der Waals surface area contributed by atoms with E-state index in [1.165, 1.54) is 6.92 Å². The number of nitrogens with two attached hydrogens (primary N) is 1. The summed E-state index contributed by atoms with van der Waals surface area (Å²) < 4.78 is 52.8. The minimum absolute atomic E-state index is 0.0908. The van der Waals surface area contributed by atoms with Gasteiger partial charge < -0.3 is 5.73 Å². The Balaban J connectivity index is 2.43. The van der Waals surface area contributed by atoms with Gasteiger partial charge in [0, 0.05) is 12.6 Å². The van der Waals surface area contributed by atoms with Crippen LogP contribution in [0.3, 0.4) is 0 Å². The monoisotopic (exact) mass is 302 g/mol. The maximum absolute atomic E-state index is 13.5. The Morgan fingerprint density at radius 2 is 2.10 bits per heavy atom. The first-order valence-electron chi connectivity index (χ1n) is 5.57. The maximum Gasteiger partial charge on any atom is 0.265 e. The number of nitrogens with one attached hydrogen (secondary N) is 2. The van der Waals surface area contributed by atoms with E-state index in [1.807, 2.05) is 4.72 Å². The Kier molecular flexibility index (Phi) is 3.73. The summed E-state index contributed by atoms with van der Waals surface area (Å²) in [6.07, 6.45) is 0. The van der Waals surface area contributed by atoms with Crippen molar-refractivity contribution in [2.75, 3.05) is 4.72 Å². The van der Waals surface area contributed by atoms with E-state index in [9.17, 15) is 17.2 Å². The molecule has 4 N–H and O–H groups in total. The quantitative estimate of drug-likeness (QED) is 0.791. The highest BCUT2D eigenvalue weighted by Crippen LogP contribution is 2.23. The first-order valence-corrected chi connectivity index (χ1v) is 7.05. The average Bonchev–Trinajstić information content (AvgIpc) is 2.75. The fourth-order valence-corrected chi connectivity index (χ4v) is 3.18. The third-order valence-corrected chi connectivity index (χ3v) is 4.17. The number of benzene rings is 1. The molecule has 0 saturated carbocycles. The van der Waals surface area contributed by atoms with Crippen LogP contribution in [0, 0.1) is 18.6 Å². The van der Waals surface area contributed by atoms with Crippen molar-refractivity contribution >= 4 is 15.7 Å². The second-order valence-corrected chi connectivity index (χ2v) is 5.68. The van der Waals surface area contributed by atoms with E-state index < -0.39 is 21.7 Å². The highest BCUT2D eigenvalue weighted by Gasteiger charge is 2.24. The van der Waals surface area contributed by atoms with E-state index >= 15 is 0 Å². The molecule has 2 rings (SSSR count). The zero-order valence-corrected chi connectivity index (χ0v) is 11.3. The van der Waals surface area contributed by atoms with Crippen molar-refractivity contribution in [3.05, 3.63) is 41.2 Å². The zero-order chi connectivity index (χ0) is 14.9. The van der Waals surface area contributed by atoms with Crippen LogP contribution in [-0.2, 0) is 16.6 Å². The predicted molar refractivity (Wildman–Crippen MR) is 68.4 cm³/mol. The number of hydrogen-bond acceptors (Lipinski definition) is 4. The molecule has 1 aromatic heterocycles. The van der Waals surface area contributed by atoms with Gasteiger partial charge in [0.05, 0.1) is 17.1 Å². The van der Waals surface area contributed by atoms with Gasteiger partial charge in [-0.25, -0.2) is 17.2 Å². The van der Waals surface area contributed by atoms with Crippen molar-refractivity contribution in [3.63, 3.8) is 0 Å². The molecule has 1 heterocycles. The predicted octanol–water partition coefficient (Wildman–Crippen LogP) is 1.26. The number of aromatic amines is 1. The number of H-pyrrole nitrogens is 1. The number of sulfonamides is 1. The Hall–Kier alpha value is -2.00. The van der Waals surface area contributed by atoms with E-state index in [1.54, 1.807) is 0 Å². The normalized spacial score (nSPS) is 11.6. The molecule has 0 saturated heterocycles. The Morgan fingerprint density at radius 3 is 2.70 bits per heavy atom. The molecule has 0 aliphatic rings. The third-order valence-electron chi connectivity index (χ3n) is 2.60. The molecule has 20 heavy (non-hydrogen) atoms. The van der Waals surface area contributed by atoms with Gasteiger partial charge in [0.25, 0.3) is 10.0 Å². The molecule has 0 atom stereocenters. The molecule has 0 bridgehead atoms. The van der Waals surface area contributed by atoms with Crippen molar-refractivity contribution in [1.82, 2.24) is 10.2 Å². The molecular weight excluding hydrogens is 290 g/mol. The largest absolute Gasteiger partial charge is 0.325 e. The first-order chi connectivity index (χ1) is 9.35. The van der Waals surface area contributed by atoms with Gasteiger partial charge in [0.2, 0.25) is 0 Å². The SMILES string of the molecule is Cc1[nH]nc(CN)c1S(=O)(=O)Nc1ccc(F)cc1F. The van der Waals surface area contributed by atoms with Gasteiger partial charge in [0.1, 0.15) is 16.5 Å². The van der Waals surface area contributed by atoms with E-state index in [2.05, 4.69) is 10.2 Å². The lowest BCUT2D eigenvalue weighted by molar-refractivity contribution is 0.582. The van der Waals surface area contributed by atoms with E-state index in [0.717, 1.165) is 12.1 Å². The number of aryl methyl sites for hydroxylation is 1. The van der Waals surface area contributed by atoms with Crippen LogP contribution in [-0.4, -0.2) is 18.6 Å². The second-order valence-electron chi connectivity index (χ2n) is 4.06. The number of aromatic nitrogens is 2. The van der Waals surface area contributed by atoms with Crippen molar-refractivity contribution in [2.24, 2.45) is 5.73 Å². The second kappa shape index (κ2) is 5.17. The number of anilines is 1. The average molecular weight is 302 g/mol. The summed E-state index contributed by atoms with van der Waals surface area (Å²) in [6.45, 7) is 1.41. The first kappa shape index (κ1) is 14.4.